The molecular formula is C11H10F3N3O3S. The van der Waals surface area contributed by atoms with Crippen molar-refractivity contribution in [3.8, 4) is 0 Å². The number of hydrogen-bond donors (Lipinski definition) is 2. The molecule has 2 N–H and O–H groups in total. The summed E-state index contributed by atoms with van der Waals surface area (Å²) in [7, 11) is 0.940. The van der Waals surface area contributed by atoms with Gasteiger partial charge in [-0.25, -0.2) is 9.78 Å². The molecule has 1 amide bonds. The van der Waals surface area contributed by atoms with Crippen LogP contribution in [0, 0.1) is 0 Å². The van der Waals surface area contributed by atoms with E-state index in [1.165, 1.54) is 18.5 Å². The predicted octanol–water partition coefficient (Wildman–Crippen LogP) is 1.43. The molecule has 0 saturated heterocycles. The minimum absolute atomic E-state index is 0.140. The van der Waals surface area contributed by atoms with Crippen molar-refractivity contribution in [1.29, 1.82) is 0 Å². The van der Waals surface area contributed by atoms with Gasteiger partial charge in [0.15, 0.2) is 5.13 Å². The van der Waals surface area contributed by atoms with Crippen molar-refractivity contribution in [2.24, 2.45) is 0 Å². The molecule has 6 nitrogen and oxygen atoms in total. The van der Waals surface area contributed by atoms with Crippen LogP contribution in [0.1, 0.15) is 6.92 Å². The van der Waals surface area contributed by atoms with Gasteiger partial charge >= 0.3 is 12.1 Å². The second kappa shape index (κ2) is 5.02. The number of hydrogen-bond acceptors (Lipinski definition) is 6. The first-order chi connectivity index (χ1) is 9.74. The van der Waals surface area contributed by atoms with Crippen LogP contribution in [0.5, 0.6) is 0 Å². The van der Waals surface area contributed by atoms with Gasteiger partial charge in [-0.1, -0.05) is 0 Å². The Morgan fingerprint density at radius 3 is 2.67 bits per heavy atom. The molecule has 1 atom stereocenters. The van der Waals surface area contributed by atoms with Crippen LogP contribution in [0.2, 0.25) is 0 Å². The number of methoxy groups -OCH3 is 1. The molecule has 2 heterocycles. The maximum Gasteiger partial charge on any atom is 0.425 e. The van der Waals surface area contributed by atoms with E-state index in [1.807, 2.05) is 10.6 Å². The molecule has 1 aromatic rings. The molecule has 1 aliphatic heterocycles. The lowest BCUT2D eigenvalue weighted by atomic mass is 9.89. The maximum absolute atomic E-state index is 13.6. The molecule has 0 fully saturated rings. The number of nitrogens with one attached hydrogen (secondary N) is 2. The number of aromatic nitrogens is 1. The Morgan fingerprint density at radius 1 is 1.52 bits per heavy atom. The Hall–Kier alpha value is -2.10. The summed E-state index contributed by atoms with van der Waals surface area (Å²) >= 11 is 0.872. The first-order valence-corrected chi connectivity index (χ1v) is 6.47. The molecule has 0 saturated carbocycles. The number of thiazole rings is 1. The van der Waals surface area contributed by atoms with E-state index < -0.39 is 29.2 Å². The SMILES string of the molecule is COC(=O)C1=C(C)NC(=O)[C@@]1(Nc1nccs1)C(F)(F)F. The van der Waals surface area contributed by atoms with Crippen molar-refractivity contribution in [1.82, 2.24) is 10.3 Å². The summed E-state index contributed by atoms with van der Waals surface area (Å²) < 4.78 is 45.1. The molecule has 10 heteroatoms. The topological polar surface area (TPSA) is 80.3 Å². The highest BCUT2D eigenvalue weighted by molar-refractivity contribution is 7.13. The summed E-state index contributed by atoms with van der Waals surface area (Å²) in [6.45, 7) is 1.20. The van der Waals surface area contributed by atoms with E-state index in [1.54, 1.807) is 0 Å². The molecule has 0 aliphatic carbocycles. The highest BCUT2D eigenvalue weighted by Gasteiger charge is 2.68. The molecule has 0 unspecified atom stereocenters. The van der Waals surface area contributed by atoms with Gasteiger partial charge in [-0.05, 0) is 6.92 Å². The first-order valence-electron chi connectivity index (χ1n) is 5.59. The summed E-state index contributed by atoms with van der Waals surface area (Å²) in [5, 5.41) is 5.36. The largest absolute Gasteiger partial charge is 0.466 e. The predicted molar refractivity (Wildman–Crippen MR) is 67.4 cm³/mol. The summed E-state index contributed by atoms with van der Waals surface area (Å²) in [6.07, 6.45) is -3.79. The minimum Gasteiger partial charge on any atom is -0.466 e. The molecule has 0 bridgehead atoms. The number of carbonyl (C=O) groups excluding carboxylic acids is 2. The van der Waals surface area contributed by atoms with E-state index in [0.29, 0.717) is 0 Å². The second-order valence-electron chi connectivity index (χ2n) is 4.16. The third-order valence-corrected chi connectivity index (χ3v) is 3.62. The van der Waals surface area contributed by atoms with Gasteiger partial charge in [0.05, 0.1) is 7.11 Å². The highest BCUT2D eigenvalue weighted by Crippen LogP contribution is 2.44. The Kier molecular flexibility index (Phi) is 3.66. The van der Waals surface area contributed by atoms with Crippen molar-refractivity contribution in [3.63, 3.8) is 0 Å². The standard InChI is InChI=1S/C11H10F3N3O3S/c1-5-6(7(18)20-2)10(8(19)16-5,11(12,13)14)17-9-15-3-4-21-9/h3-4H,1-2H3,(H,15,17)(H,16,19)/t10-/m1/s1. The Morgan fingerprint density at radius 2 is 2.19 bits per heavy atom. The zero-order valence-electron chi connectivity index (χ0n) is 10.9. The van der Waals surface area contributed by atoms with Gasteiger partial charge in [-0.15, -0.1) is 11.3 Å². The summed E-state index contributed by atoms with van der Waals surface area (Å²) in [6, 6.07) is 0. The molecule has 1 aromatic heterocycles. The van der Waals surface area contributed by atoms with Crippen molar-refractivity contribution in [3.05, 3.63) is 22.8 Å². The van der Waals surface area contributed by atoms with Crippen molar-refractivity contribution >= 4 is 28.3 Å². The summed E-state index contributed by atoms with van der Waals surface area (Å²) in [4.78, 5) is 27.3. The fourth-order valence-corrected chi connectivity index (χ4v) is 2.62. The molecule has 114 valence electrons. The Balaban J connectivity index is 2.62. The smallest absolute Gasteiger partial charge is 0.425 e. The number of halogens is 3. The first kappa shape index (κ1) is 15.3. The summed E-state index contributed by atoms with van der Waals surface area (Å²) in [5.74, 6) is -2.64. The van der Waals surface area contributed by atoms with E-state index >= 15 is 0 Å². The van der Waals surface area contributed by atoms with E-state index in [9.17, 15) is 22.8 Å². The van der Waals surface area contributed by atoms with Gasteiger partial charge in [-0.2, -0.15) is 13.2 Å². The fourth-order valence-electron chi connectivity index (χ4n) is 2.04. The normalized spacial score (nSPS) is 22.2. The number of carbonyl (C=O) groups is 2. The van der Waals surface area contributed by atoms with E-state index in [-0.39, 0.29) is 10.8 Å². The van der Waals surface area contributed by atoms with Crippen LogP contribution in [0.15, 0.2) is 22.8 Å². The number of esters is 1. The van der Waals surface area contributed by atoms with Gasteiger partial charge in [0.25, 0.3) is 5.91 Å². The van der Waals surface area contributed by atoms with Gasteiger partial charge in [0.1, 0.15) is 5.57 Å². The lowest BCUT2D eigenvalue weighted by Gasteiger charge is -2.31. The average molecular weight is 321 g/mol. The van der Waals surface area contributed by atoms with Gasteiger partial charge < -0.3 is 15.4 Å². The molecular weight excluding hydrogens is 311 g/mol. The molecule has 0 spiro atoms. The van der Waals surface area contributed by atoms with Crippen LogP contribution in [0.3, 0.4) is 0 Å². The minimum atomic E-state index is -5.07. The zero-order chi connectivity index (χ0) is 15.8. The number of allylic oxidation sites excluding steroid dienone is 1. The van der Waals surface area contributed by atoms with Crippen molar-refractivity contribution < 1.29 is 27.5 Å². The second-order valence-corrected chi connectivity index (χ2v) is 5.05. The number of nitrogens with zero attached hydrogens (tertiary/aromatic N) is 1. The third kappa shape index (κ3) is 2.24. The van der Waals surface area contributed by atoms with Crippen LogP contribution in [-0.4, -0.2) is 35.7 Å². The van der Waals surface area contributed by atoms with Crippen LogP contribution < -0.4 is 10.6 Å². The average Bonchev–Trinajstić information content (AvgIpc) is 2.96. The van der Waals surface area contributed by atoms with Gasteiger partial charge in [-0.3, -0.25) is 4.79 Å². The van der Waals surface area contributed by atoms with E-state index in [0.717, 1.165) is 18.4 Å². The molecule has 1 aliphatic rings. The van der Waals surface area contributed by atoms with Gasteiger partial charge in [0.2, 0.25) is 5.54 Å². The van der Waals surface area contributed by atoms with Crippen LogP contribution in [0.25, 0.3) is 0 Å². The van der Waals surface area contributed by atoms with Crippen LogP contribution >= 0.6 is 11.3 Å². The van der Waals surface area contributed by atoms with Crippen LogP contribution in [-0.2, 0) is 14.3 Å². The van der Waals surface area contributed by atoms with Gasteiger partial charge in [0, 0.05) is 17.3 Å². The monoisotopic (exact) mass is 321 g/mol. The third-order valence-electron chi connectivity index (χ3n) is 2.93. The number of alkyl halides is 3. The van der Waals surface area contributed by atoms with Crippen LogP contribution in [0.4, 0.5) is 18.3 Å². The number of amides is 1. The summed E-state index contributed by atoms with van der Waals surface area (Å²) in [5.41, 5.74) is -4.26. The lowest BCUT2D eigenvalue weighted by molar-refractivity contribution is -0.178. The van der Waals surface area contributed by atoms with Crippen molar-refractivity contribution in [2.75, 3.05) is 12.4 Å². The molecule has 0 aromatic carbocycles. The maximum atomic E-state index is 13.6. The lowest BCUT2D eigenvalue weighted by Crippen LogP contribution is -2.60. The van der Waals surface area contributed by atoms with E-state index in [4.69, 9.17) is 0 Å². The zero-order valence-corrected chi connectivity index (χ0v) is 11.7. The number of rotatable bonds is 3. The van der Waals surface area contributed by atoms with E-state index in [2.05, 4.69) is 9.72 Å². The molecule has 2 rings (SSSR count). The molecule has 21 heavy (non-hydrogen) atoms. The number of anilines is 1. The number of ether oxygens (including phenoxy) is 1. The quantitative estimate of drug-likeness (QED) is 0.823. The van der Waals surface area contributed by atoms with Crippen molar-refractivity contribution in [2.45, 2.75) is 18.6 Å². The fraction of sp³-hybridized carbons (Fsp3) is 0.364. The molecule has 0 radical (unpaired) electrons. The Labute approximate surface area is 121 Å². The Bertz CT molecular complexity index is 612. The highest BCUT2D eigenvalue weighted by atomic mass is 32.1.